The molecule has 10 heteroatoms. The van der Waals surface area contributed by atoms with E-state index >= 15 is 0 Å². The summed E-state index contributed by atoms with van der Waals surface area (Å²) in [5, 5.41) is 13.4. The topological polar surface area (TPSA) is 118 Å². The molecule has 0 aliphatic heterocycles. The van der Waals surface area contributed by atoms with Gasteiger partial charge in [0.05, 0.1) is 26.1 Å². The quantitative estimate of drug-likeness (QED) is 0.445. The van der Waals surface area contributed by atoms with Gasteiger partial charge in [0.25, 0.3) is 21.6 Å². The molecule has 0 radical (unpaired) electrons. The van der Waals surface area contributed by atoms with Crippen LogP contribution in [0.2, 0.25) is 5.02 Å². The van der Waals surface area contributed by atoms with Crippen molar-refractivity contribution in [3.63, 3.8) is 0 Å². The Morgan fingerprint density at radius 1 is 0.931 bits per heavy atom. The van der Waals surface area contributed by atoms with Gasteiger partial charge in [0, 0.05) is 17.8 Å². The van der Waals surface area contributed by atoms with Crippen LogP contribution in [0.3, 0.4) is 0 Å². The highest BCUT2D eigenvalue weighted by Gasteiger charge is 2.17. The Balaban J connectivity index is 1.78. The minimum absolute atomic E-state index is 0.0150. The van der Waals surface area contributed by atoms with Crippen LogP contribution in [-0.2, 0) is 10.0 Å². The molecule has 3 aromatic carbocycles. The molecule has 0 unspecified atom stereocenters. The third-order valence-corrected chi connectivity index (χ3v) is 5.54. The first-order chi connectivity index (χ1) is 13.8. The normalized spacial score (nSPS) is 10.9. The van der Waals surface area contributed by atoms with Crippen LogP contribution in [-0.4, -0.2) is 19.2 Å². The van der Waals surface area contributed by atoms with Crippen LogP contribution in [0, 0.1) is 10.1 Å². The number of halogens is 1. The average Bonchev–Trinajstić information content (AvgIpc) is 2.68. The number of carbonyl (C=O) groups excluding carboxylic acids is 1. The predicted molar refractivity (Wildman–Crippen MR) is 110 cm³/mol. The van der Waals surface area contributed by atoms with Crippen molar-refractivity contribution in [3.05, 3.63) is 93.5 Å². The van der Waals surface area contributed by atoms with Crippen molar-refractivity contribution in [2.75, 3.05) is 10.0 Å². The molecule has 3 rings (SSSR count). The van der Waals surface area contributed by atoms with Gasteiger partial charge in [-0.1, -0.05) is 35.9 Å². The Bertz CT molecular complexity index is 1180. The lowest BCUT2D eigenvalue weighted by Crippen LogP contribution is -2.15. The SMILES string of the molecule is O=C(Nc1cccc([N+](=O)[O-])c1)c1ccc(NS(=O)(=O)c2ccccc2)cc1Cl. The number of rotatable bonds is 6. The Morgan fingerprint density at radius 2 is 1.66 bits per heavy atom. The highest BCUT2D eigenvalue weighted by molar-refractivity contribution is 7.92. The summed E-state index contributed by atoms with van der Waals surface area (Å²) in [6.07, 6.45) is 0. The van der Waals surface area contributed by atoms with E-state index in [1.807, 2.05) is 0 Å². The largest absolute Gasteiger partial charge is 0.322 e. The standard InChI is InChI=1S/C19H14ClN3O5S/c20-18-12-14(22-29(27,28)16-7-2-1-3-8-16)9-10-17(18)19(24)21-13-5-4-6-15(11-13)23(25)26/h1-12,22H,(H,21,24). The molecular formula is C19H14ClN3O5S. The second-order valence-electron chi connectivity index (χ2n) is 5.87. The number of hydrogen-bond acceptors (Lipinski definition) is 5. The number of hydrogen-bond donors (Lipinski definition) is 2. The van der Waals surface area contributed by atoms with E-state index in [4.69, 9.17) is 11.6 Å². The second-order valence-corrected chi connectivity index (χ2v) is 7.96. The van der Waals surface area contributed by atoms with Crippen molar-refractivity contribution >= 4 is 44.6 Å². The number of carbonyl (C=O) groups is 1. The molecule has 29 heavy (non-hydrogen) atoms. The van der Waals surface area contributed by atoms with Gasteiger partial charge in [0.15, 0.2) is 0 Å². The van der Waals surface area contributed by atoms with E-state index in [0.29, 0.717) is 0 Å². The maximum atomic E-state index is 12.4. The minimum atomic E-state index is -3.80. The molecule has 2 N–H and O–H groups in total. The highest BCUT2D eigenvalue weighted by atomic mass is 35.5. The molecule has 0 aliphatic carbocycles. The number of non-ortho nitro benzene ring substituents is 1. The van der Waals surface area contributed by atoms with Crippen molar-refractivity contribution in [2.24, 2.45) is 0 Å². The van der Waals surface area contributed by atoms with Gasteiger partial charge < -0.3 is 5.32 Å². The van der Waals surface area contributed by atoms with E-state index in [2.05, 4.69) is 10.0 Å². The minimum Gasteiger partial charge on any atom is -0.322 e. The van der Waals surface area contributed by atoms with E-state index in [9.17, 15) is 23.3 Å². The summed E-state index contributed by atoms with van der Waals surface area (Å²) < 4.78 is 27.1. The molecule has 148 valence electrons. The summed E-state index contributed by atoms with van der Waals surface area (Å²) in [6.45, 7) is 0. The van der Waals surface area contributed by atoms with Gasteiger partial charge >= 0.3 is 0 Å². The summed E-state index contributed by atoms with van der Waals surface area (Å²) in [7, 11) is -3.80. The summed E-state index contributed by atoms with van der Waals surface area (Å²) in [5.74, 6) is -0.590. The van der Waals surface area contributed by atoms with Crippen LogP contribution in [0.15, 0.2) is 77.7 Å². The number of amides is 1. The average molecular weight is 432 g/mol. The smallest absolute Gasteiger partial charge is 0.271 e. The van der Waals surface area contributed by atoms with Crippen LogP contribution in [0.5, 0.6) is 0 Å². The number of nitrogens with one attached hydrogen (secondary N) is 2. The lowest BCUT2D eigenvalue weighted by Gasteiger charge is -2.11. The summed E-state index contributed by atoms with van der Waals surface area (Å²) >= 11 is 6.14. The Hall–Kier alpha value is -3.43. The summed E-state index contributed by atoms with van der Waals surface area (Å²) in [6, 6.07) is 17.3. The van der Waals surface area contributed by atoms with Crippen molar-refractivity contribution < 1.29 is 18.1 Å². The molecule has 1 amide bonds. The fourth-order valence-electron chi connectivity index (χ4n) is 2.47. The first kappa shape index (κ1) is 20.3. The van der Waals surface area contributed by atoms with Gasteiger partial charge in [0.2, 0.25) is 0 Å². The number of nitrogens with zero attached hydrogens (tertiary/aromatic N) is 1. The molecule has 0 bridgehead atoms. The van der Waals surface area contributed by atoms with Crippen LogP contribution in [0.4, 0.5) is 17.1 Å². The van der Waals surface area contributed by atoms with Gasteiger partial charge in [-0.05, 0) is 36.4 Å². The van der Waals surface area contributed by atoms with Gasteiger partial charge in [0.1, 0.15) is 0 Å². The van der Waals surface area contributed by atoms with E-state index in [0.717, 1.165) is 0 Å². The van der Waals surface area contributed by atoms with E-state index in [-0.39, 0.29) is 32.5 Å². The zero-order chi connectivity index (χ0) is 21.0. The summed E-state index contributed by atoms with van der Waals surface area (Å²) in [5.41, 5.74) is 0.334. The Kier molecular flexibility index (Phi) is 5.81. The number of sulfonamides is 1. The fraction of sp³-hybridized carbons (Fsp3) is 0. The molecule has 3 aromatic rings. The van der Waals surface area contributed by atoms with Gasteiger partial charge in [-0.2, -0.15) is 0 Å². The molecule has 0 heterocycles. The third-order valence-electron chi connectivity index (χ3n) is 3.83. The maximum Gasteiger partial charge on any atom is 0.271 e. The van der Waals surface area contributed by atoms with Gasteiger partial charge in [-0.15, -0.1) is 0 Å². The number of nitro groups is 1. The first-order valence-corrected chi connectivity index (χ1v) is 10.1. The van der Waals surface area contributed by atoms with Gasteiger partial charge in [-0.3, -0.25) is 19.6 Å². The molecule has 0 fully saturated rings. The molecule has 0 aromatic heterocycles. The zero-order valence-electron chi connectivity index (χ0n) is 14.7. The summed E-state index contributed by atoms with van der Waals surface area (Å²) in [4.78, 5) is 22.8. The molecule has 0 spiro atoms. The van der Waals surface area contributed by atoms with E-state index < -0.39 is 20.9 Å². The number of anilines is 2. The van der Waals surface area contributed by atoms with Crippen LogP contribution >= 0.6 is 11.6 Å². The molecule has 0 saturated heterocycles. The Labute approximate surface area is 171 Å². The zero-order valence-corrected chi connectivity index (χ0v) is 16.3. The monoisotopic (exact) mass is 431 g/mol. The van der Waals surface area contributed by atoms with Crippen LogP contribution in [0.25, 0.3) is 0 Å². The molecule has 0 atom stereocenters. The maximum absolute atomic E-state index is 12.4. The molecular weight excluding hydrogens is 418 g/mol. The van der Waals surface area contributed by atoms with E-state index in [1.54, 1.807) is 18.2 Å². The molecule has 0 saturated carbocycles. The van der Waals surface area contributed by atoms with Gasteiger partial charge in [-0.25, -0.2) is 8.42 Å². The number of nitro benzene ring substituents is 1. The van der Waals surface area contributed by atoms with Crippen molar-refractivity contribution in [1.82, 2.24) is 0 Å². The Morgan fingerprint density at radius 3 is 2.31 bits per heavy atom. The van der Waals surface area contributed by atoms with Crippen LogP contribution < -0.4 is 10.0 Å². The van der Waals surface area contributed by atoms with Crippen molar-refractivity contribution in [2.45, 2.75) is 4.90 Å². The lowest BCUT2D eigenvalue weighted by molar-refractivity contribution is -0.384. The van der Waals surface area contributed by atoms with Crippen molar-refractivity contribution in [3.8, 4) is 0 Å². The highest BCUT2D eigenvalue weighted by Crippen LogP contribution is 2.25. The number of benzene rings is 3. The van der Waals surface area contributed by atoms with Crippen molar-refractivity contribution in [1.29, 1.82) is 0 Å². The molecule has 8 nitrogen and oxygen atoms in total. The third kappa shape index (κ3) is 4.89. The fourth-order valence-corrected chi connectivity index (χ4v) is 3.81. The molecule has 0 aliphatic rings. The first-order valence-electron chi connectivity index (χ1n) is 8.19. The lowest BCUT2D eigenvalue weighted by atomic mass is 10.2. The van der Waals surface area contributed by atoms with E-state index in [1.165, 1.54) is 54.6 Å². The second kappa shape index (κ2) is 8.29. The predicted octanol–water partition coefficient (Wildman–Crippen LogP) is 4.30. The van der Waals surface area contributed by atoms with Crippen LogP contribution in [0.1, 0.15) is 10.4 Å².